The summed E-state index contributed by atoms with van der Waals surface area (Å²) in [7, 11) is -4.90. The lowest BCUT2D eigenvalue weighted by atomic mass is 9.94. The van der Waals surface area contributed by atoms with Crippen molar-refractivity contribution < 1.29 is 24.3 Å². The van der Waals surface area contributed by atoms with Gasteiger partial charge in [-0.2, -0.15) is 0 Å². The zero-order valence-corrected chi connectivity index (χ0v) is 20.5. The highest BCUT2D eigenvalue weighted by Crippen LogP contribution is 2.59. The first-order valence-corrected chi connectivity index (χ1v) is 13.2. The number of carbonyl (C=O) groups is 1. The van der Waals surface area contributed by atoms with Gasteiger partial charge in [0.25, 0.3) is 0 Å². The molecule has 36 heavy (non-hydrogen) atoms. The van der Waals surface area contributed by atoms with Gasteiger partial charge in [-0.05, 0) is 34.2 Å². The molecule has 4 N–H and O–H groups in total. The first-order valence-electron chi connectivity index (χ1n) is 11.6. The topological polar surface area (TPSA) is 107 Å². The van der Waals surface area contributed by atoms with Crippen LogP contribution in [0.5, 0.6) is 0 Å². The number of hydrogen-bond donors (Lipinski definition) is 4. The van der Waals surface area contributed by atoms with Crippen molar-refractivity contribution in [1.29, 1.82) is 0 Å². The van der Waals surface area contributed by atoms with E-state index in [0.29, 0.717) is 11.1 Å². The minimum atomic E-state index is -4.90. The average Bonchev–Trinajstić information content (AvgIpc) is 2.88. The van der Waals surface area contributed by atoms with Crippen LogP contribution >= 0.6 is 7.60 Å². The Balaban J connectivity index is 1.73. The molecule has 0 amide bonds. The SMILES string of the molecule is O=C(O)CC(Cc1ccc(-c2ccccc2)cc1)NC(c1ccccc1)(c1ccccc1)P(=O)(O)O. The quantitative estimate of drug-likeness (QED) is 0.217. The predicted molar refractivity (Wildman–Crippen MR) is 140 cm³/mol. The third kappa shape index (κ3) is 5.64. The van der Waals surface area contributed by atoms with Crippen molar-refractivity contribution in [2.24, 2.45) is 0 Å². The number of nitrogens with one attached hydrogen (secondary N) is 1. The highest BCUT2D eigenvalue weighted by Gasteiger charge is 2.51. The van der Waals surface area contributed by atoms with Crippen LogP contribution in [0.3, 0.4) is 0 Å². The van der Waals surface area contributed by atoms with E-state index in [2.05, 4.69) is 5.32 Å². The van der Waals surface area contributed by atoms with Crippen LogP contribution in [0.25, 0.3) is 11.1 Å². The highest BCUT2D eigenvalue weighted by molar-refractivity contribution is 7.53. The first kappa shape index (κ1) is 25.5. The molecule has 4 aromatic rings. The zero-order valence-electron chi connectivity index (χ0n) is 19.6. The van der Waals surface area contributed by atoms with Crippen molar-refractivity contribution in [2.45, 2.75) is 24.2 Å². The van der Waals surface area contributed by atoms with E-state index in [1.165, 1.54) is 0 Å². The summed E-state index contributed by atoms with van der Waals surface area (Å²) in [6.45, 7) is 0. The molecule has 0 fully saturated rings. The second-order valence-corrected chi connectivity index (χ2v) is 10.5. The highest BCUT2D eigenvalue weighted by atomic mass is 31.2. The summed E-state index contributed by atoms with van der Waals surface area (Å²) in [5, 5.41) is 10.9. The van der Waals surface area contributed by atoms with Crippen molar-refractivity contribution in [3.05, 3.63) is 132 Å². The molecular formula is C29H28NO5P. The fraction of sp³-hybridized carbons (Fsp3) is 0.138. The number of rotatable bonds is 10. The Labute approximate surface area is 210 Å². The maximum absolute atomic E-state index is 13.2. The standard InChI is InChI=1S/C29H28NO5P/c31-28(32)21-27(20-22-16-18-24(19-17-22)23-10-4-1-5-11-23)30-29(36(33,34)35,25-12-6-2-7-13-25)26-14-8-3-9-15-26/h1-19,27,30H,20-21H2,(H,31,32)(H2,33,34,35). The maximum Gasteiger partial charge on any atom is 0.354 e. The summed E-state index contributed by atoms with van der Waals surface area (Å²) in [5.41, 5.74) is 3.67. The third-order valence-electron chi connectivity index (χ3n) is 6.20. The van der Waals surface area contributed by atoms with Gasteiger partial charge < -0.3 is 14.9 Å². The number of carboxylic acid groups (broad SMARTS) is 1. The van der Waals surface area contributed by atoms with Gasteiger partial charge in [0.15, 0.2) is 5.28 Å². The molecule has 0 heterocycles. The molecule has 6 nitrogen and oxygen atoms in total. The van der Waals surface area contributed by atoms with Crippen LogP contribution in [0.15, 0.2) is 115 Å². The van der Waals surface area contributed by atoms with Crippen LogP contribution in [0, 0.1) is 0 Å². The van der Waals surface area contributed by atoms with Crippen LogP contribution in [0.2, 0.25) is 0 Å². The Morgan fingerprint density at radius 3 is 1.61 bits per heavy atom. The normalized spacial score (nSPS) is 12.7. The Morgan fingerprint density at radius 1 is 0.722 bits per heavy atom. The van der Waals surface area contributed by atoms with Crippen molar-refractivity contribution in [3.8, 4) is 11.1 Å². The van der Waals surface area contributed by atoms with Crippen LogP contribution in [-0.2, 0) is 21.1 Å². The fourth-order valence-corrected chi connectivity index (χ4v) is 5.86. The van der Waals surface area contributed by atoms with Gasteiger partial charge in [0.2, 0.25) is 0 Å². The van der Waals surface area contributed by atoms with Crippen molar-refractivity contribution in [1.82, 2.24) is 5.32 Å². The predicted octanol–water partition coefficient (Wildman–Crippen LogP) is 5.41. The minimum absolute atomic E-state index is 0.267. The Kier molecular flexibility index (Phi) is 7.82. The van der Waals surface area contributed by atoms with Gasteiger partial charge >= 0.3 is 13.6 Å². The van der Waals surface area contributed by atoms with E-state index in [-0.39, 0.29) is 12.8 Å². The van der Waals surface area contributed by atoms with Gasteiger partial charge in [-0.15, -0.1) is 0 Å². The third-order valence-corrected chi connectivity index (χ3v) is 7.72. The van der Waals surface area contributed by atoms with Crippen molar-refractivity contribution >= 4 is 13.6 Å². The lowest BCUT2D eigenvalue weighted by molar-refractivity contribution is -0.137. The number of benzene rings is 4. The van der Waals surface area contributed by atoms with E-state index in [9.17, 15) is 24.3 Å². The molecule has 0 spiro atoms. The van der Waals surface area contributed by atoms with E-state index in [4.69, 9.17) is 0 Å². The molecule has 184 valence electrons. The zero-order chi connectivity index (χ0) is 25.6. The van der Waals surface area contributed by atoms with Crippen LogP contribution in [0.4, 0.5) is 0 Å². The molecule has 0 aromatic heterocycles. The van der Waals surface area contributed by atoms with Crippen molar-refractivity contribution in [2.75, 3.05) is 0 Å². The molecule has 1 atom stereocenters. The molecule has 0 aliphatic rings. The average molecular weight is 502 g/mol. The first-order chi connectivity index (χ1) is 17.3. The van der Waals surface area contributed by atoms with E-state index in [1.807, 2.05) is 54.6 Å². The second-order valence-electron chi connectivity index (χ2n) is 8.69. The van der Waals surface area contributed by atoms with Gasteiger partial charge in [-0.25, -0.2) is 0 Å². The van der Waals surface area contributed by atoms with E-state index < -0.39 is 24.9 Å². The lowest BCUT2D eigenvalue weighted by Crippen LogP contribution is -2.50. The lowest BCUT2D eigenvalue weighted by Gasteiger charge is -2.39. The molecular weight excluding hydrogens is 473 g/mol. The molecule has 0 aliphatic heterocycles. The molecule has 1 unspecified atom stereocenters. The van der Waals surface area contributed by atoms with E-state index >= 15 is 0 Å². The van der Waals surface area contributed by atoms with Gasteiger partial charge in [0.1, 0.15) is 0 Å². The monoisotopic (exact) mass is 501 g/mol. The largest absolute Gasteiger partial charge is 0.481 e. The molecule has 0 aliphatic carbocycles. The molecule has 0 bridgehead atoms. The van der Waals surface area contributed by atoms with Gasteiger partial charge in [-0.1, -0.05) is 115 Å². The summed E-state index contributed by atoms with van der Waals surface area (Å²) in [5.74, 6) is -1.06. The number of carboxylic acids is 1. The Morgan fingerprint density at radius 2 is 1.17 bits per heavy atom. The van der Waals surface area contributed by atoms with Crippen LogP contribution in [-0.4, -0.2) is 26.9 Å². The molecule has 4 rings (SSSR count). The summed E-state index contributed by atoms with van der Waals surface area (Å²) in [6, 6.07) is 33.8. The molecule has 7 heteroatoms. The molecule has 0 radical (unpaired) electrons. The van der Waals surface area contributed by atoms with Gasteiger partial charge in [0, 0.05) is 6.04 Å². The number of aliphatic carboxylic acids is 1. The smallest absolute Gasteiger partial charge is 0.354 e. The molecule has 0 saturated carbocycles. The number of hydrogen-bond acceptors (Lipinski definition) is 3. The molecule has 0 saturated heterocycles. The minimum Gasteiger partial charge on any atom is -0.481 e. The fourth-order valence-electron chi connectivity index (χ4n) is 4.54. The Bertz CT molecular complexity index is 1280. The van der Waals surface area contributed by atoms with Crippen LogP contribution < -0.4 is 5.32 Å². The van der Waals surface area contributed by atoms with Crippen molar-refractivity contribution in [3.63, 3.8) is 0 Å². The maximum atomic E-state index is 13.2. The summed E-state index contributed by atoms with van der Waals surface area (Å²) < 4.78 is 13.2. The summed E-state index contributed by atoms with van der Waals surface area (Å²) in [6.07, 6.45) is -0.0510. The van der Waals surface area contributed by atoms with Crippen LogP contribution in [0.1, 0.15) is 23.1 Å². The molecule has 4 aromatic carbocycles. The summed E-state index contributed by atoms with van der Waals surface area (Å²) in [4.78, 5) is 33.3. The summed E-state index contributed by atoms with van der Waals surface area (Å²) >= 11 is 0. The van der Waals surface area contributed by atoms with Gasteiger partial charge in [0.05, 0.1) is 6.42 Å². The Hall–Kier alpha value is -3.54. The van der Waals surface area contributed by atoms with E-state index in [1.54, 1.807) is 60.7 Å². The second kappa shape index (κ2) is 11.0. The van der Waals surface area contributed by atoms with Gasteiger partial charge in [-0.3, -0.25) is 14.7 Å². The van der Waals surface area contributed by atoms with E-state index in [0.717, 1.165) is 16.7 Å².